The Balaban J connectivity index is 1.38. The summed E-state index contributed by atoms with van der Waals surface area (Å²) in [6, 6.07) is 9.06. The van der Waals surface area contributed by atoms with Crippen LogP contribution in [0.25, 0.3) is 5.69 Å². The van der Waals surface area contributed by atoms with Gasteiger partial charge in [0.15, 0.2) is 0 Å². The second-order valence-corrected chi connectivity index (χ2v) is 9.36. The standard InChI is InChI=1S/C25H26F2N9O4/c1-17(33-9-10-34(24(33)38)20-4-6-21(7-5-20)35-13-28-30-31-35)12-25(39,22-8-3-19(26)11-23(22)27)36-15-32(14-29-36)16-40-18(2)37/h3-8,11,13-15,17,39H,9-10,12,16H2,1-2H3/q+1/t17-,25?/m1/s1. The first kappa shape index (κ1) is 26.8. The molecule has 1 saturated heterocycles. The summed E-state index contributed by atoms with van der Waals surface area (Å²) in [5.74, 6) is -2.30. The minimum atomic E-state index is -2.11. The van der Waals surface area contributed by atoms with E-state index in [-0.39, 0.29) is 24.7 Å². The van der Waals surface area contributed by atoms with Crippen LogP contribution >= 0.6 is 0 Å². The molecule has 1 aliphatic heterocycles. The summed E-state index contributed by atoms with van der Waals surface area (Å²) >= 11 is 0. The van der Waals surface area contributed by atoms with Crippen molar-refractivity contribution < 1.29 is 32.8 Å². The second kappa shape index (κ2) is 10.8. The predicted molar refractivity (Wildman–Crippen MR) is 133 cm³/mol. The zero-order valence-corrected chi connectivity index (χ0v) is 21.6. The second-order valence-electron chi connectivity index (χ2n) is 9.36. The number of tetrazole rings is 1. The number of hydrogen-bond acceptors (Lipinski definition) is 8. The maximum Gasteiger partial charge on any atom is 0.324 e. The number of urea groups is 1. The number of aromatic nitrogens is 7. The molecular weight excluding hydrogens is 528 g/mol. The molecule has 0 radical (unpaired) electrons. The highest BCUT2D eigenvalue weighted by Gasteiger charge is 2.45. The number of amides is 2. The van der Waals surface area contributed by atoms with E-state index in [1.54, 1.807) is 41.0 Å². The van der Waals surface area contributed by atoms with E-state index in [0.717, 1.165) is 22.5 Å². The van der Waals surface area contributed by atoms with Gasteiger partial charge in [-0.05, 0) is 53.7 Å². The third-order valence-corrected chi connectivity index (χ3v) is 6.67. The van der Waals surface area contributed by atoms with Gasteiger partial charge in [-0.15, -0.1) is 5.10 Å². The van der Waals surface area contributed by atoms with E-state index in [4.69, 9.17) is 4.74 Å². The number of halogens is 2. The zero-order valence-electron chi connectivity index (χ0n) is 21.6. The molecule has 0 aliphatic carbocycles. The average molecular weight is 555 g/mol. The molecule has 2 aromatic heterocycles. The number of anilines is 1. The normalized spacial score (nSPS) is 15.8. The molecule has 3 heterocycles. The summed E-state index contributed by atoms with van der Waals surface area (Å²) < 4.78 is 37.6. The number of aliphatic hydroxyl groups is 1. The van der Waals surface area contributed by atoms with Gasteiger partial charge in [0.25, 0.3) is 12.1 Å². The first-order valence-electron chi connectivity index (χ1n) is 12.3. The van der Waals surface area contributed by atoms with Crippen molar-refractivity contribution in [1.29, 1.82) is 0 Å². The quantitative estimate of drug-likeness (QED) is 0.242. The molecule has 0 saturated carbocycles. The number of carbonyl (C=O) groups excluding carboxylic acids is 2. The Bertz CT molecular complexity index is 1510. The molecule has 15 heteroatoms. The van der Waals surface area contributed by atoms with Crippen molar-refractivity contribution in [3.8, 4) is 5.69 Å². The summed E-state index contributed by atoms with van der Waals surface area (Å²) in [6.45, 7) is 3.53. The number of esters is 1. The molecule has 2 atom stereocenters. The van der Waals surface area contributed by atoms with Crippen LogP contribution in [0.3, 0.4) is 0 Å². The number of rotatable bonds is 9. The van der Waals surface area contributed by atoms with E-state index in [9.17, 15) is 23.5 Å². The summed E-state index contributed by atoms with van der Waals surface area (Å²) in [6.07, 6.45) is 3.91. The average Bonchev–Trinajstić information content (AvgIpc) is 3.69. The maximum absolute atomic E-state index is 15.0. The molecule has 2 amide bonds. The smallest absolute Gasteiger partial charge is 0.324 e. The maximum atomic E-state index is 15.0. The van der Waals surface area contributed by atoms with Crippen LogP contribution in [-0.4, -0.2) is 71.1 Å². The minimum absolute atomic E-state index is 0.178. The van der Waals surface area contributed by atoms with Gasteiger partial charge in [0.1, 0.15) is 18.0 Å². The topological polar surface area (TPSA) is 135 Å². The summed E-state index contributed by atoms with van der Waals surface area (Å²) in [5, 5.41) is 27.1. The number of nitrogens with zero attached hydrogens (tertiary/aromatic N) is 9. The van der Waals surface area contributed by atoms with Gasteiger partial charge >= 0.3 is 12.0 Å². The fourth-order valence-electron chi connectivity index (χ4n) is 4.68. The summed E-state index contributed by atoms with van der Waals surface area (Å²) in [7, 11) is 0. The highest BCUT2D eigenvalue weighted by molar-refractivity contribution is 5.94. The van der Waals surface area contributed by atoms with Gasteiger partial charge in [0.05, 0.1) is 11.3 Å². The van der Waals surface area contributed by atoms with E-state index < -0.39 is 29.4 Å². The van der Waals surface area contributed by atoms with Gasteiger partial charge in [-0.25, -0.2) is 22.8 Å². The lowest BCUT2D eigenvalue weighted by Crippen LogP contribution is -2.46. The minimum Gasteiger partial charge on any atom is -0.431 e. The Hall–Kier alpha value is -4.79. The summed E-state index contributed by atoms with van der Waals surface area (Å²) in [4.78, 5) is 27.8. The Labute approximate surface area is 226 Å². The van der Waals surface area contributed by atoms with Crippen LogP contribution in [0.1, 0.15) is 25.8 Å². The highest BCUT2D eigenvalue weighted by Crippen LogP contribution is 2.33. The molecule has 5 rings (SSSR count). The van der Waals surface area contributed by atoms with Gasteiger partial charge < -0.3 is 14.7 Å². The van der Waals surface area contributed by atoms with Crippen LogP contribution in [0.2, 0.25) is 0 Å². The number of benzene rings is 2. The fourth-order valence-corrected chi connectivity index (χ4v) is 4.68. The zero-order chi connectivity index (χ0) is 28.4. The SMILES string of the molecule is CC(=O)OC[n+]1cnn(C(O)(C[C@@H](C)N2CCN(c3ccc(-n4cnnn4)cc3)C2=O)c2ccc(F)cc2F)c1. The Morgan fingerprint density at radius 2 is 1.93 bits per heavy atom. The summed E-state index contributed by atoms with van der Waals surface area (Å²) in [5.41, 5.74) is -0.956. The Kier molecular flexibility index (Phi) is 7.21. The van der Waals surface area contributed by atoms with E-state index in [2.05, 4.69) is 20.6 Å². The molecule has 0 bridgehead atoms. The molecule has 4 aromatic rings. The fraction of sp³-hybridized carbons (Fsp3) is 0.320. The van der Waals surface area contributed by atoms with Crippen molar-refractivity contribution in [2.75, 3.05) is 18.0 Å². The molecule has 1 fully saturated rings. The van der Waals surface area contributed by atoms with Crippen molar-refractivity contribution in [1.82, 2.24) is 34.9 Å². The third kappa shape index (κ3) is 5.22. The molecule has 2 aromatic carbocycles. The van der Waals surface area contributed by atoms with E-state index in [0.29, 0.717) is 24.8 Å². The van der Waals surface area contributed by atoms with Gasteiger partial charge in [-0.3, -0.25) is 9.69 Å². The number of ether oxygens (including phenoxy) is 1. The Morgan fingerprint density at radius 1 is 1.18 bits per heavy atom. The molecule has 1 N–H and O–H groups in total. The van der Waals surface area contributed by atoms with Crippen molar-refractivity contribution in [2.45, 2.75) is 38.8 Å². The molecule has 0 spiro atoms. The highest BCUT2D eigenvalue weighted by atomic mass is 19.1. The van der Waals surface area contributed by atoms with Crippen molar-refractivity contribution in [3.63, 3.8) is 0 Å². The van der Waals surface area contributed by atoms with E-state index in [1.807, 2.05) is 0 Å². The predicted octanol–water partition coefficient (Wildman–Crippen LogP) is 1.36. The van der Waals surface area contributed by atoms with E-state index in [1.165, 1.54) is 35.2 Å². The van der Waals surface area contributed by atoms with Crippen molar-refractivity contribution in [2.24, 2.45) is 0 Å². The number of hydrogen-bond donors (Lipinski definition) is 1. The van der Waals surface area contributed by atoms with Gasteiger partial charge in [-0.2, -0.15) is 0 Å². The van der Waals surface area contributed by atoms with Gasteiger partial charge in [0.2, 0.25) is 13.1 Å². The monoisotopic (exact) mass is 554 g/mol. The lowest BCUT2D eigenvalue weighted by molar-refractivity contribution is -0.728. The van der Waals surface area contributed by atoms with Crippen LogP contribution in [-0.2, 0) is 22.0 Å². The molecule has 1 aliphatic rings. The number of carbonyl (C=O) groups is 2. The molecule has 1 unspecified atom stereocenters. The first-order valence-corrected chi connectivity index (χ1v) is 12.3. The largest absolute Gasteiger partial charge is 0.431 e. The van der Waals surface area contributed by atoms with Crippen LogP contribution in [0.15, 0.2) is 61.4 Å². The van der Waals surface area contributed by atoms with Gasteiger partial charge in [-0.1, -0.05) is 4.68 Å². The third-order valence-electron chi connectivity index (χ3n) is 6.67. The van der Waals surface area contributed by atoms with Crippen LogP contribution in [0.5, 0.6) is 0 Å². The lowest BCUT2D eigenvalue weighted by Gasteiger charge is -2.31. The molecule has 208 valence electrons. The van der Waals surface area contributed by atoms with Crippen LogP contribution in [0, 0.1) is 11.6 Å². The molecule has 40 heavy (non-hydrogen) atoms. The molecule has 13 nitrogen and oxygen atoms in total. The lowest BCUT2D eigenvalue weighted by atomic mass is 9.94. The first-order chi connectivity index (χ1) is 19.2. The van der Waals surface area contributed by atoms with E-state index >= 15 is 0 Å². The van der Waals surface area contributed by atoms with Crippen LogP contribution < -0.4 is 9.47 Å². The van der Waals surface area contributed by atoms with Crippen molar-refractivity contribution in [3.05, 3.63) is 78.6 Å². The van der Waals surface area contributed by atoms with Crippen molar-refractivity contribution >= 4 is 17.7 Å². The molecular formula is C25H26F2N9O4+. The van der Waals surface area contributed by atoms with Crippen LogP contribution in [0.4, 0.5) is 19.3 Å². The Morgan fingerprint density at radius 3 is 2.60 bits per heavy atom. The van der Waals surface area contributed by atoms with Gasteiger partial charge in [0, 0.05) is 49.3 Å².